The van der Waals surface area contributed by atoms with Crippen LogP contribution in [0, 0.1) is 20.8 Å². The normalized spacial score (nSPS) is 13.5. The van der Waals surface area contributed by atoms with Crippen LogP contribution in [0.4, 0.5) is 5.82 Å². The van der Waals surface area contributed by atoms with Crippen LogP contribution in [0.2, 0.25) is 0 Å². The molecule has 1 fully saturated rings. The summed E-state index contributed by atoms with van der Waals surface area (Å²) in [6, 6.07) is 13.3. The second-order valence-electron chi connectivity index (χ2n) is 9.11. The van der Waals surface area contributed by atoms with Crippen LogP contribution in [-0.2, 0) is 4.79 Å². The lowest BCUT2D eigenvalue weighted by Crippen LogP contribution is -2.50. The van der Waals surface area contributed by atoms with Gasteiger partial charge in [0.2, 0.25) is 0 Å². The average Bonchev–Trinajstić information content (AvgIpc) is 2.89. The smallest absolute Gasteiger partial charge is 0.260 e. The number of rotatable bonds is 7. The fourth-order valence-electron chi connectivity index (χ4n) is 4.30. The summed E-state index contributed by atoms with van der Waals surface area (Å²) in [4.78, 5) is 28.2. The first-order valence-corrected chi connectivity index (χ1v) is 12.0. The first-order chi connectivity index (χ1) is 17.3. The van der Waals surface area contributed by atoms with E-state index in [-0.39, 0.29) is 18.3 Å². The second kappa shape index (κ2) is 10.8. The number of carbonyl (C=O) groups excluding carboxylic acids is 2. The summed E-state index contributed by atoms with van der Waals surface area (Å²) in [6.07, 6.45) is 0. The number of carbonyl (C=O) groups is 2. The molecule has 0 spiro atoms. The molecule has 2 aromatic carbocycles. The molecule has 0 radical (unpaired) electrons. The third kappa shape index (κ3) is 5.48. The number of methoxy groups -OCH3 is 1. The highest BCUT2D eigenvalue weighted by atomic mass is 16.5. The Bertz CT molecular complexity index is 1270. The summed E-state index contributed by atoms with van der Waals surface area (Å²) in [5.74, 6) is 1.51. The van der Waals surface area contributed by atoms with Crippen molar-refractivity contribution in [3.05, 3.63) is 64.7 Å². The highest BCUT2D eigenvalue weighted by Crippen LogP contribution is 2.29. The SMILES string of the molecule is COc1cc(C(C)=O)ccc1OCC(=O)N1CCN(c2ccc(-c3cc(C)c(C)cc3C)nn2)CC1. The molecule has 1 aromatic heterocycles. The molecule has 3 aromatic rings. The van der Waals surface area contributed by atoms with Gasteiger partial charge in [0, 0.05) is 37.3 Å². The molecular formula is C28H32N4O4. The summed E-state index contributed by atoms with van der Waals surface area (Å²) in [5, 5.41) is 8.95. The van der Waals surface area contributed by atoms with Crippen molar-refractivity contribution in [2.75, 3.05) is 44.8 Å². The number of amides is 1. The Morgan fingerprint density at radius 2 is 1.58 bits per heavy atom. The number of ether oxygens (including phenoxy) is 2. The van der Waals surface area contributed by atoms with Crippen molar-refractivity contribution >= 4 is 17.5 Å². The lowest BCUT2D eigenvalue weighted by atomic mass is 9.99. The molecular weight excluding hydrogens is 456 g/mol. The number of Topliss-reactive ketones (excluding diaryl/α,β-unsaturated/α-hetero) is 1. The maximum Gasteiger partial charge on any atom is 0.260 e. The van der Waals surface area contributed by atoms with Gasteiger partial charge in [0.15, 0.2) is 29.7 Å². The van der Waals surface area contributed by atoms with Gasteiger partial charge < -0.3 is 19.3 Å². The van der Waals surface area contributed by atoms with Gasteiger partial charge in [0.05, 0.1) is 12.8 Å². The largest absolute Gasteiger partial charge is 0.493 e. The van der Waals surface area contributed by atoms with Gasteiger partial charge in [-0.1, -0.05) is 6.07 Å². The van der Waals surface area contributed by atoms with E-state index < -0.39 is 0 Å². The first-order valence-electron chi connectivity index (χ1n) is 12.0. The van der Waals surface area contributed by atoms with Gasteiger partial charge in [-0.15, -0.1) is 10.2 Å². The first kappa shape index (κ1) is 25.2. The predicted molar refractivity (Wildman–Crippen MR) is 139 cm³/mol. The minimum Gasteiger partial charge on any atom is -0.493 e. The monoisotopic (exact) mass is 488 g/mol. The van der Waals surface area contributed by atoms with E-state index in [1.54, 1.807) is 23.1 Å². The zero-order valence-corrected chi connectivity index (χ0v) is 21.5. The van der Waals surface area contributed by atoms with Crippen molar-refractivity contribution in [2.45, 2.75) is 27.7 Å². The Kier molecular flexibility index (Phi) is 7.52. The fourth-order valence-corrected chi connectivity index (χ4v) is 4.30. The zero-order valence-electron chi connectivity index (χ0n) is 21.5. The maximum atomic E-state index is 12.7. The number of hydrogen-bond acceptors (Lipinski definition) is 7. The van der Waals surface area contributed by atoms with Crippen LogP contribution >= 0.6 is 0 Å². The number of aryl methyl sites for hydroxylation is 3. The van der Waals surface area contributed by atoms with E-state index >= 15 is 0 Å². The molecule has 0 atom stereocenters. The Morgan fingerprint density at radius 1 is 0.861 bits per heavy atom. The quantitative estimate of drug-likeness (QED) is 0.465. The second-order valence-corrected chi connectivity index (χ2v) is 9.11. The standard InChI is InChI=1S/C28H32N4O4/c1-18-14-20(3)23(15-19(18)2)24-7-9-27(30-29-24)31-10-12-32(13-11-31)28(34)17-36-25-8-6-22(21(4)33)16-26(25)35-5/h6-9,14-16H,10-13,17H2,1-5H3. The van der Waals surface area contributed by atoms with Gasteiger partial charge in [-0.3, -0.25) is 9.59 Å². The lowest BCUT2D eigenvalue weighted by Gasteiger charge is -2.35. The van der Waals surface area contributed by atoms with Gasteiger partial charge in [-0.05, 0) is 80.8 Å². The molecule has 1 amide bonds. The van der Waals surface area contributed by atoms with E-state index in [1.807, 2.05) is 12.1 Å². The molecule has 0 unspecified atom stereocenters. The molecule has 1 aliphatic rings. The summed E-state index contributed by atoms with van der Waals surface area (Å²) >= 11 is 0. The summed E-state index contributed by atoms with van der Waals surface area (Å²) < 4.78 is 11.0. The van der Waals surface area contributed by atoms with Crippen molar-refractivity contribution in [3.8, 4) is 22.8 Å². The molecule has 4 rings (SSSR count). The molecule has 2 heterocycles. The third-order valence-corrected chi connectivity index (χ3v) is 6.64. The molecule has 36 heavy (non-hydrogen) atoms. The molecule has 188 valence electrons. The third-order valence-electron chi connectivity index (χ3n) is 6.64. The average molecular weight is 489 g/mol. The molecule has 0 bridgehead atoms. The number of piperazine rings is 1. The summed E-state index contributed by atoms with van der Waals surface area (Å²) in [5.41, 5.74) is 6.17. The Morgan fingerprint density at radius 3 is 2.22 bits per heavy atom. The molecule has 8 heteroatoms. The topological polar surface area (TPSA) is 84.9 Å². The Hall–Kier alpha value is -3.94. The van der Waals surface area contributed by atoms with E-state index in [0.717, 1.165) is 17.1 Å². The molecule has 0 N–H and O–H groups in total. The van der Waals surface area contributed by atoms with Gasteiger partial charge >= 0.3 is 0 Å². The van der Waals surface area contributed by atoms with Crippen molar-refractivity contribution in [2.24, 2.45) is 0 Å². The van der Waals surface area contributed by atoms with E-state index in [0.29, 0.717) is 43.2 Å². The predicted octanol–water partition coefficient (Wildman–Crippen LogP) is 4.01. The number of aromatic nitrogens is 2. The van der Waals surface area contributed by atoms with Gasteiger partial charge in [-0.25, -0.2) is 0 Å². The fraction of sp³-hybridized carbons (Fsp3) is 0.357. The molecule has 0 aliphatic carbocycles. The van der Waals surface area contributed by atoms with Crippen LogP contribution in [0.25, 0.3) is 11.3 Å². The van der Waals surface area contributed by atoms with Crippen LogP contribution in [0.1, 0.15) is 34.0 Å². The van der Waals surface area contributed by atoms with Gasteiger partial charge in [0.25, 0.3) is 5.91 Å². The minimum atomic E-state index is -0.0982. The van der Waals surface area contributed by atoms with Crippen LogP contribution in [0.3, 0.4) is 0 Å². The van der Waals surface area contributed by atoms with E-state index in [2.05, 4.69) is 48.0 Å². The molecule has 8 nitrogen and oxygen atoms in total. The van der Waals surface area contributed by atoms with E-state index in [9.17, 15) is 9.59 Å². The zero-order chi connectivity index (χ0) is 25.8. The van der Waals surface area contributed by atoms with Crippen LogP contribution in [0.5, 0.6) is 11.5 Å². The summed E-state index contributed by atoms with van der Waals surface area (Å²) in [6.45, 7) is 10.2. The van der Waals surface area contributed by atoms with E-state index in [1.165, 1.54) is 30.7 Å². The molecule has 0 saturated carbocycles. The van der Waals surface area contributed by atoms with Crippen molar-refractivity contribution < 1.29 is 19.1 Å². The molecule has 1 saturated heterocycles. The van der Waals surface area contributed by atoms with Crippen molar-refractivity contribution in [3.63, 3.8) is 0 Å². The number of hydrogen-bond donors (Lipinski definition) is 0. The van der Waals surface area contributed by atoms with Gasteiger partial charge in [-0.2, -0.15) is 0 Å². The van der Waals surface area contributed by atoms with E-state index in [4.69, 9.17) is 9.47 Å². The van der Waals surface area contributed by atoms with Crippen LogP contribution < -0.4 is 14.4 Å². The summed E-state index contributed by atoms with van der Waals surface area (Å²) in [7, 11) is 1.51. The van der Waals surface area contributed by atoms with Crippen molar-refractivity contribution in [1.29, 1.82) is 0 Å². The number of ketones is 1. The highest BCUT2D eigenvalue weighted by molar-refractivity contribution is 5.94. The minimum absolute atomic E-state index is 0.0616. The number of nitrogens with zero attached hydrogens (tertiary/aromatic N) is 4. The Balaban J connectivity index is 1.33. The van der Waals surface area contributed by atoms with Crippen LogP contribution in [-0.4, -0.2) is 66.7 Å². The molecule has 1 aliphatic heterocycles. The highest BCUT2D eigenvalue weighted by Gasteiger charge is 2.23. The Labute approximate surface area is 211 Å². The number of benzene rings is 2. The number of anilines is 1. The lowest BCUT2D eigenvalue weighted by molar-refractivity contribution is -0.133. The van der Waals surface area contributed by atoms with Gasteiger partial charge in [0.1, 0.15) is 0 Å². The van der Waals surface area contributed by atoms with Crippen molar-refractivity contribution in [1.82, 2.24) is 15.1 Å². The van der Waals surface area contributed by atoms with Crippen LogP contribution in [0.15, 0.2) is 42.5 Å². The maximum absolute atomic E-state index is 12.7.